The molecule has 0 radical (unpaired) electrons. The number of aromatic nitrogens is 2. The summed E-state index contributed by atoms with van der Waals surface area (Å²) in [4.78, 5) is 12.3. The van der Waals surface area contributed by atoms with Gasteiger partial charge in [0.15, 0.2) is 0 Å². The number of anilines is 1. The molecule has 0 aliphatic heterocycles. The fourth-order valence-corrected chi connectivity index (χ4v) is 2.29. The number of nitrogens with zero attached hydrogens (tertiary/aromatic N) is 2. The first-order valence-electron chi connectivity index (χ1n) is 7.11. The van der Waals surface area contributed by atoms with Crippen LogP contribution in [0.3, 0.4) is 0 Å². The largest absolute Gasteiger partial charge is 0.379 e. The van der Waals surface area contributed by atoms with E-state index in [1.165, 1.54) is 19.3 Å². The molecule has 1 aromatic rings. The third-order valence-corrected chi connectivity index (χ3v) is 4.26. The van der Waals surface area contributed by atoms with Gasteiger partial charge >= 0.3 is 0 Å². The lowest BCUT2D eigenvalue weighted by Gasteiger charge is -2.25. The summed E-state index contributed by atoms with van der Waals surface area (Å²) in [5, 5.41) is 7.73. The highest BCUT2D eigenvalue weighted by Crippen LogP contribution is 2.27. The van der Waals surface area contributed by atoms with Gasteiger partial charge in [-0.05, 0) is 24.7 Å². The van der Waals surface area contributed by atoms with Crippen LogP contribution in [0.5, 0.6) is 0 Å². The van der Waals surface area contributed by atoms with Gasteiger partial charge in [-0.2, -0.15) is 5.10 Å². The van der Waals surface area contributed by atoms with Crippen LogP contribution in [0.25, 0.3) is 0 Å². The number of halogens is 1. The number of hydrogen-bond acceptors (Lipinski definition) is 3. The van der Waals surface area contributed by atoms with E-state index in [1.807, 2.05) is 0 Å². The van der Waals surface area contributed by atoms with E-state index in [-0.39, 0.29) is 5.56 Å². The standard InChI is InChI=1S/C14H22ClN3O/c1-3-10(2)7-16-13-12(15)8-17-18(14(13)19)9-11-5-4-6-11/h8,10-11,16H,3-7,9H2,1-2H3. The van der Waals surface area contributed by atoms with Crippen molar-refractivity contribution >= 4 is 17.3 Å². The minimum Gasteiger partial charge on any atom is -0.379 e. The highest BCUT2D eigenvalue weighted by Gasteiger charge is 2.20. The van der Waals surface area contributed by atoms with Crippen molar-refractivity contribution in [3.8, 4) is 0 Å². The Morgan fingerprint density at radius 1 is 1.58 bits per heavy atom. The predicted octanol–water partition coefficient (Wildman–Crippen LogP) is 3.15. The molecule has 1 aromatic heterocycles. The molecule has 1 atom stereocenters. The maximum atomic E-state index is 12.3. The second-order valence-electron chi connectivity index (χ2n) is 5.55. The number of rotatable bonds is 6. The van der Waals surface area contributed by atoms with Crippen LogP contribution in [0.15, 0.2) is 11.0 Å². The topological polar surface area (TPSA) is 46.9 Å². The fourth-order valence-electron chi connectivity index (χ4n) is 2.10. The summed E-state index contributed by atoms with van der Waals surface area (Å²) >= 11 is 6.07. The zero-order valence-electron chi connectivity index (χ0n) is 11.7. The minimum atomic E-state index is -0.0947. The molecular formula is C14H22ClN3O. The van der Waals surface area contributed by atoms with Crippen molar-refractivity contribution in [2.75, 3.05) is 11.9 Å². The molecule has 1 aliphatic carbocycles. The van der Waals surface area contributed by atoms with E-state index in [1.54, 1.807) is 10.9 Å². The Morgan fingerprint density at radius 3 is 2.89 bits per heavy atom. The molecule has 1 heterocycles. The first kappa shape index (κ1) is 14.4. The minimum absolute atomic E-state index is 0.0947. The Morgan fingerprint density at radius 2 is 2.32 bits per heavy atom. The van der Waals surface area contributed by atoms with E-state index in [0.29, 0.717) is 29.1 Å². The highest BCUT2D eigenvalue weighted by molar-refractivity contribution is 6.32. The average Bonchev–Trinajstić information content (AvgIpc) is 2.35. The third-order valence-electron chi connectivity index (χ3n) is 3.98. The van der Waals surface area contributed by atoms with Crippen LogP contribution in [0.1, 0.15) is 39.5 Å². The van der Waals surface area contributed by atoms with Crippen molar-refractivity contribution in [1.82, 2.24) is 9.78 Å². The molecule has 1 aliphatic rings. The molecule has 0 aromatic carbocycles. The quantitative estimate of drug-likeness (QED) is 0.872. The van der Waals surface area contributed by atoms with Crippen molar-refractivity contribution < 1.29 is 0 Å². The summed E-state index contributed by atoms with van der Waals surface area (Å²) in [6.07, 6.45) is 6.32. The lowest BCUT2D eigenvalue weighted by atomic mass is 9.85. The van der Waals surface area contributed by atoms with Gasteiger partial charge in [0.25, 0.3) is 5.56 Å². The Bertz CT molecular complexity index is 482. The van der Waals surface area contributed by atoms with Crippen molar-refractivity contribution in [3.05, 3.63) is 21.6 Å². The maximum absolute atomic E-state index is 12.3. The van der Waals surface area contributed by atoms with E-state index >= 15 is 0 Å². The van der Waals surface area contributed by atoms with Gasteiger partial charge in [-0.1, -0.05) is 38.3 Å². The highest BCUT2D eigenvalue weighted by atomic mass is 35.5. The van der Waals surface area contributed by atoms with Crippen LogP contribution in [0.4, 0.5) is 5.69 Å². The monoisotopic (exact) mass is 283 g/mol. The molecule has 1 N–H and O–H groups in total. The Hall–Kier alpha value is -1.03. The summed E-state index contributed by atoms with van der Waals surface area (Å²) in [6.45, 7) is 5.76. The van der Waals surface area contributed by atoms with Crippen LogP contribution in [0.2, 0.25) is 5.02 Å². The zero-order chi connectivity index (χ0) is 13.8. The van der Waals surface area contributed by atoms with Gasteiger partial charge in [0.05, 0.1) is 11.2 Å². The molecule has 106 valence electrons. The van der Waals surface area contributed by atoms with E-state index in [2.05, 4.69) is 24.3 Å². The molecule has 1 fully saturated rings. The molecular weight excluding hydrogens is 262 g/mol. The van der Waals surface area contributed by atoms with E-state index in [4.69, 9.17) is 11.6 Å². The average molecular weight is 284 g/mol. The molecule has 5 heteroatoms. The Kier molecular flexibility index (Phi) is 4.86. The van der Waals surface area contributed by atoms with Crippen molar-refractivity contribution in [1.29, 1.82) is 0 Å². The van der Waals surface area contributed by atoms with Crippen LogP contribution in [0, 0.1) is 11.8 Å². The molecule has 19 heavy (non-hydrogen) atoms. The molecule has 1 unspecified atom stereocenters. The normalized spacial score (nSPS) is 17.0. The van der Waals surface area contributed by atoms with Gasteiger partial charge in [0, 0.05) is 13.1 Å². The number of nitrogens with one attached hydrogen (secondary N) is 1. The SMILES string of the molecule is CCC(C)CNc1c(Cl)cnn(CC2CCC2)c1=O. The van der Waals surface area contributed by atoms with Gasteiger partial charge in [0.2, 0.25) is 0 Å². The predicted molar refractivity (Wildman–Crippen MR) is 78.8 cm³/mol. The molecule has 2 rings (SSSR count). The zero-order valence-corrected chi connectivity index (χ0v) is 12.4. The lowest BCUT2D eigenvalue weighted by Crippen LogP contribution is -2.31. The second kappa shape index (κ2) is 6.42. The van der Waals surface area contributed by atoms with Gasteiger partial charge < -0.3 is 5.32 Å². The van der Waals surface area contributed by atoms with Crippen molar-refractivity contribution in [2.24, 2.45) is 11.8 Å². The molecule has 0 bridgehead atoms. The summed E-state index contributed by atoms with van der Waals surface area (Å²) < 4.78 is 1.55. The smallest absolute Gasteiger partial charge is 0.291 e. The van der Waals surface area contributed by atoms with Gasteiger partial charge in [-0.15, -0.1) is 0 Å². The third kappa shape index (κ3) is 3.50. The van der Waals surface area contributed by atoms with Crippen LogP contribution < -0.4 is 10.9 Å². The summed E-state index contributed by atoms with van der Waals surface area (Å²) in [5.41, 5.74) is 0.402. The van der Waals surface area contributed by atoms with Crippen LogP contribution in [-0.2, 0) is 6.54 Å². The van der Waals surface area contributed by atoms with Crippen molar-refractivity contribution in [3.63, 3.8) is 0 Å². The van der Waals surface area contributed by atoms with Gasteiger partial charge in [0.1, 0.15) is 5.69 Å². The Balaban J connectivity index is 2.11. The first-order valence-corrected chi connectivity index (χ1v) is 7.49. The molecule has 0 spiro atoms. The summed E-state index contributed by atoms with van der Waals surface area (Å²) in [7, 11) is 0. The molecule has 0 amide bonds. The molecule has 1 saturated carbocycles. The summed E-state index contributed by atoms with van der Waals surface area (Å²) in [6, 6.07) is 0. The van der Waals surface area contributed by atoms with Gasteiger partial charge in [-0.25, -0.2) is 4.68 Å². The lowest BCUT2D eigenvalue weighted by molar-refractivity contribution is 0.262. The molecule has 4 nitrogen and oxygen atoms in total. The summed E-state index contributed by atoms with van der Waals surface area (Å²) in [5.74, 6) is 1.12. The first-order chi connectivity index (χ1) is 9.11. The van der Waals surface area contributed by atoms with Gasteiger partial charge in [-0.3, -0.25) is 4.79 Å². The van der Waals surface area contributed by atoms with E-state index < -0.39 is 0 Å². The maximum Gasteiger partial charge on any atom is 0.291 e. The Labute approximate surface area is 119 Å². The fraction of sp³-hybridized carbons (Fsp3) is 0.714. The van der Waals surface area contributed by atoms with Crippen LogP contribution >= 0.6 is 11.6 Å². The second-order valence-corrected chi connectivity index (χ2v) is 5.95. The van der Waals surface area contributed by atoms with Crippen molar-refractivity contribution in [2.45, 2.75) is 46.1 Å². The van der Waals surface area contributed by atoms with E-state index in [9.17, 15) is 4.79 Å². The van der Waals surface area contributed by atoms with E-state index in [0.717, 1.165) is 13.0 Å². The van der Waals surface area contributed by atoms with Crippen LogP contribution in [-0.4, -0.2) is 16.3 Å². The number of hydrogen-bond donors (Lipinski definition) is 1. The molecule has 0 saturated heterocycles.